The van der Waals surface area contributed by atoms with Gasteiger partial charge in [0.2, 0.25) is 0 Å². The van der Waals surface area contributed by atoms with E-state index in [2.05, 4.69) is 30.5 Å². The van der Waals surface area contributed by atoms with Crippen LogP contribution in [0.3, 0.4) is 0 Å². The molecule has 2 N–H and O–H groups in total. The van der Waals surface area contributed by atoms with Gasteiger partial charge in [0, 0.05) is 35.7 Å². The van der Waals surface area contributed by atoms with Crippen LogP contribution in [0.2, 0.25) is 0 Å². The van der Waals surface area contributed by atoms with Crippen molar-refractivity contribution in [2.45, 2.75) is 62.8 Å². The zero-order valence-corrected chi connectivity index (χ0v) is 11.6. The number of hydrogen-bond donors (Lipinski definition) is 1. The third kappa shape index (κ3) is 3.14. The van der Waals surface area contributed by atoms with Gasteiger partial charge < -0.3 is 5.73 Å². The van der Waals surface area contributed by atoms with E-state index in [4.69, 9.17) is 5.73 Å². The van der Waals surface area contributed by atoms with Crippen LogP contribution in [0.25, 0.3) is 0 Å². The van der Waals surface area contributed by atoms with Gasteiger partial charge in [-0.25, -0.2) is 0 Å². The molecule has 0 aromatic carbocycles. The van der Waals surface area contributed by atoms with Gasteiger partial charge in [-0.1, -0.05) is 19.3 Å². The zero-order valence-electron chi connectivity index (χ0n) is 10.7. The highest BCUT2D eigenvalue weighted by Gasteiger charge is 2.33. The Kier molecular flexibility index (Phi) is 4.20. The Bertz CT molecular complexity index is 230. The SMILES string of the molecule is CC1(C)CN(C2CCCCCC2N)CCS1. The average molecular weight is 242 g/mol. The molecule has 0 aromatic heterocycles. The van der Waals surface area contributed by atoms with Crippen molar-refractivity contribution in [2.24, 2.45) is 5.73 Å². The first kappa shape index (κ1) is 12.7. The van der Waals surface area contributed by atoms with E-state index in [-0.39, 0.29) is 0 Å². The molecule has 1 saturated heterocycles. The van der Waals surface area contributed by atoms with Crippen molar-refractivity contribution >= 4 is 11.8 Å². The van der Waals surface area contributed by atoms with Crippen LogP contribution in [-0.2, 0) is 0 Å². The predicted molar refractivity (Wildman–Crippen MR) is 73.0 cm³/mol. The molecule has 1 aliphatic carbocycles. The van der Waals surface area contributed by atoms with Gasteiger partial charge in [-0.2, -0.15) is 11.8 Å². The Labute approximate surface area is 104 Å². The van der Waals surface area contributed by atoms with Crippen molar-refractivity contribution in [3.8, 4) is 0 Å². The molecule has 2 fully saturated rings. The molecule has 2 nitrogen and oxygen atoms in total. The summed E-state index contributed by atoms with van der Waals surface area (Å²) in [7, 11) is 0. The largest absolute Gasteiger partial charge is 0.326 e. The molecule has 3 heteroatoms. The normalized spacial score (nSPS) is 36.9. The maximum absolute atomic E-state index is 6.35. The number of nitrogens with zero attached hydrogens (tertiary/aromatic N) is 1. The molecule has 16 heavy (non-hydrogen) atoms. The summed E-state index contributed by atoms with van der Waals surface area (Å²) >= 11 is 2.11. The monoisotopic (exact) mass is 242 g/mol. The second-order valence-electron chi connectivity index (χ2n) is 5.95. The quantitative estimate of drug-likeness (QED) is 0.716. The van der Waals surface area contributed by atoms with Crippen LogP contribution in [0.5, 0.6) is 0 Å². The maximum atomic E-state index is 6.35. The summed E-state index contributed by atoms with van der Waals surface area (Å²) in [6, 6.07) is 1.07. The van der Waals surface area contributed by atoms with Gasteiger partial charge >= 0.3 is 0 Å². The topological polar surface area (TPSA) is 29.3 Å². The molecular weight excluding hydrogens is 216 g/mol. The number of nitrogens with two attached hydrogens (primary N) is 1. The third-order valence-electron chi connectivity index (χ3n) is 3.96. The van der Waals surface area contributed by atoms with E-state index in [9.17, 15) is 0 Å². The Balaban J connectivity index is 1.98. The highest BCUT2D eigenvalue weighted by atomic mass is 32.2. The lowest BCUT2D eigenvalue weighted by Gasteiger charge is -2.43. The smallest absolute Gasteiger partial charge is 0.0248 e. The lowest BCUT2D eigenvalue weighted by Crippen LogP contribution is -2.54. The van der Waals surface area contributed by atoms with Crippen LogP contribution >= 0.6 is 11.8 Å². The Hall–Kier alpha value is 0.270. The van der Waals surface area contributed by atoms with Gasteiger partial charge in [-0.15, -0.1) is 0 Å². The van der Waals surface area contributed by atoms with Gasteiger partial charge in [-0.3, -0.25) is 4.90 Å². The summed E-state index contributed by atoms with van der Waals surface area (Å²) in [6.07, 6.45) is 6.65. The van der Waals surface area contributed by atoms with Gasteiger partial charge in [0.1, 0.15) is 0 Å². The van der Waals surface area contributed by atoms with Crippen LogP contribution in [0.1, 0.15) is 46.0 Å². The van der Waals surface area contributed by atoms with Crippen LogP contribution in [0, 0.1) is 0 Å². The summed E-state index contributed by atoms with van der Waals surface area (Å²) in [5, 5.41) is 0. The van der Waals surface area contributed by atoms with E-state index in [0.29, 0.717) is 16.8 Å². The minimum absolute atomic E-state index is 0.418. The van der Waals surface area contributed by atoms with E-state index in [0.717, 1.165) is 0 Å². The Morgan fingerprint density at radius 1 is 1.19 bits per heavy atom. The summed E-state index contributed by atoms with van der Waals surface area (Å²) in [5.41, 5.74) is 6.35. The standard InChI is InChI=1S/C13H26N2S/c1-13(2)10-15(8-9-16-13)12-7-5-3-4-6-11(12)14/h11-12H,3-10,14H2,1-2H3. The molecule has 2 atom stereocenters. The summed E-state index contributed by atoms with van der Waals surface area (Å²) < 4.78 is 0.421. The number of thioether (sulfide) groups is 1. The summed E-state index contributed by atoms with van der Waals surface area (Å²) in [4.78, 5) is 2.67. The fraction of sp³-hybridized carbons (Fsp3) is 1.00. The van der Waals surface area contributed by atoms with Gasteiger partial charge in [0.15, 0.2) is 0 Å². The summed E-state index contributed by atoms with van der Waals surface area (Å²) in [6.45, 7) is 7.20. The minimum atomic E-state index is 0.418. The highest BCUT2D eigenvalue weighted by Crippen LogP contribution is 2.32. The summed E-state index contributed by atoms with van der Waals surface area (Å²) in [5.74, 6) is 1.27. The molecule has 0 aromatic rings. The van der Waals surface area contributed by atoms with Crippen molar-refractivity contribution in [1.82, 2.24) is 4.90 Å². The molecule has 0 bridgehead atoms. The third-order valence-corrected chi connectivity index (χ3v) is 5.25. The van der Waals surface area contributed by atoms with Gasteiger partial charge in [0.05, 0.1) is 0 Å². The molecule has 1 aliphatic heterocycles. The molecular formula is C13H26N2S. The van der Waals surface area contributed by atoms with Gasteiger partial charge in [-0.05, 0) is 26.7 Å². The van der Waals surface area contributed by atoms with Crippen LogP contribution in [0.4, 0.5) is 0 Å². The molecule has 0 amide bonds. The van der Waals surface area contributed by atoms with Crippen molar-refractivity contribution in [3.05, 3.63) is 0 Å². The Morgan fingerprint density at radius 3 is 2.69 bits per heavy atom. The highest BCUT2D eigenvalue weighted by molar-refractivity contribution is 8.00. The fourth-order valence-electron chi connectivity index (χ4n) is 3.11. The van der Waals surface area contributed by atoms with E-state index in [1.165, 1.54) is 50.9 Å². The van der Waals surface area contributed by atoms with Crippen molar-refractivity contribution in [2.75, 3.05) is 18.8 Å². The molecule has 2 aliphatic rings. The first-order chi connectivity index (χ1) is 7.58. The molecule has 1 heterocycles. The number of rotatable bonds is 1. The molecule has 2 rings (SSSR count). The van der Waals surface area contributed by atoms with Crippen molar-refractivity contribution < 1.29 is 0 Å². The maximum Gasteiger partial charge on any atom is 0.0248 e. The fourth-order valence-corrected chi connectivity index (χ4v) is 4.24. The predicted octanol–water partition coefficient (Wildman–Crippen LogP) is 2.47. The molecule has 2 unspecified atom stereocenters. The lowest BCUT2D eigenvalue weighted by atomic mass is 10.0. The molecule has 94 valence electrons. The van der Waals surface area contributed by atoms with Crippen LogP contribution in [0.15, 0.2) is 0 Å². The Morgan fingerprint density at radius 2 is 1.94 bits per heavy atom. The van der Waals surface area contributed by atoms with Crippen LogP contribution < -0.4 is 5.73 Å². The van der Waals surface area contributed by atoms with Crippen LogP contribution in [-0.4, -0.2) is 40.6 Å². The first-order valence-corrected chi connectivity index (χ1v) is 7.71. The zero-order chi connectivity index (χ0) is 11.6. The van der Waals surface area contributed by atoms with E-state index in [1.54, 1.807) is 0 Å². The number of hydrogen-bond acceptors (Lipinski definition) is 3. The van der Waals surface area contributed by atoms with Gasteiger partial charge in [0.25, 0.3) is 0 Å². The molecule has 0 spiro atoms. The van der Waals surface area contributed by atoms with Crippen molar-refractivity contribution in [3.63, 3.8) is 0 Å². The first-order valence-electron chi connectivity index (χ1n) is 6.72. The van der Waals surface area contributed by atoms with E-state index < -0.39 is 0 Å². The van der Waals surface area contributed by atoms with Crippen molar-refractivity contribution in [1.29, 1.82) is 0 Å². The second-order valence-corrected chi connectivity index (χ2v) is 7.75. The molecule has 1 saturated carbocycles. The molecule has 0 radical (unpaired) electrons. The lowest BCUT2D eigenvalue weighted by molar-refractivity contribution is 0.155. The second kappa shape index (κ2) is 5.28. The van der Waals surface area contributed by atoms with E-state index >= 15 is 0 Å². The average Bonchev–Trinajstić information content (AvgIpc) is 2.41. The van der Waals surface area contributed by atoms with E-state index in [1.807, 2.05) is 0 Å². The minimum Gasteiger partial charge on any atom is -0.326 e.